The third kappa shape index (κ3) is 2.54. The monoisotopic (exact) mass is 170 g/mol. The fourth-order valence-electron chi connectivity index (χ4n) is 1.18. The number of hydrogen-bond donors (Lipinski definition) is 3. The molecule has 4 heteroatoms. The highest BCUT2D eigenvalue weighted by molar-refractivity contribution is 5.73. The molecular formula is C8H14N2O2. The number of nitrogens with two attached hydrogens (primary N) is 1. The second-order valence-corrected chi connectivity index (χ2v) is 2.99. The van der Waals surface area contributed by atoms with Crippen LogP contribution in [-0.4, -0.2) is 23.7 Å². The number of hydrogen-bond acceptors (Lipinski definition) is 3. The van der Waals surface area contributed by atoms with Gasteiger partial charge in [0.1, 0.15) is 6.04 Å². The maximum absolute atomic E-state index is 10.3. The van der Waals surface area contributed by atoms with E-state index in [1.165, 1.54) is 5.57 Å². The first-order chi connectivity index (χ1) is 5.70. The lowest BCUT2D eigenvalue weighted by atomic mass is 10.1. The van der Waals surface area contributed by atoms with E-state index in [-0.39, 0.29) is 0 Å². The third-order valence-corrected chi connectivity index (χ3v) is 1.99. The lowest BCUT2D eigenvalue weighted by molar-refractivity contribution is -0.138. The first kappa shape index (κ1) is 9.06. The highest BCUT2D eigenvalue weighted by Crippen LogP contribution is 2.13. The minimum atomic E-state index is -0.915. The molecule has 0 saturated heterocycles. The van der Waals surface area contributed by atoms with Crippen LogP contribution >= 0.6 is 0 Å². The van der Waals surface area contributed by atoms with Crippen molar-refractivity contribution in [1.29, 1.82) is 0 Å². The van der Waals surface area contributed by atoms with Gasteiger partial charge in [-0.25, -0.2) is 0 Å². The van der Waals surface area contributed by atoms with Crippen molar-refractivity contribution in [3.8, 4) is 0 Å². The summed E-state index contributed by atoms with van der Waals surface area (Å²) < 4.78 is 0. The number of aliphatic carboxylic acids is 1. The van der Waals surface area contributed by atoms with Crippen molar-refractivity contribution in [2.75, 3.05) is 6.54 Å². The molecule has 1 aliphatic heterocycles. The molecule has 0 spiro atoms. The molecule has 1 atom stereocenters. The Hall–Kier alpha value is -1.03. The van der Waals surface area contributed by atoms with Crippen LogP contribution in [0.5, 0.6) is 0 Å². The van der Waals surface area contributed by atoms with Crippen molar-refractivity contribution < 1.29 is 9.90 Å². The lowest BCUT2D eigenvalue weighted by Gasteiger charge is -2.05. The minimum Gasteiger partial charge on any atom is -0.480 e. The topological polar surface area (TPSA) is 75.3 Å². The van der Waals surface area contributed by atoms with E-state index in [9.17, 15) is 4.79 Å². The van der Waals surface area contributed by atoms with Gasteiger partial charge in [0.15, 0.2) is 0 Å². The van der Waals surface area contributed by atoms with Crippen molar-refractivity contribution in [3.05, 3.63) is 11.8 Å². The van der Waals surface area contributed by atoms with Crippen LogP contribution in [0.25, 0.3) is 0 Å². The summed E-state index contributed by atoms with van der Waals surface area (Å²) in [4.78, 5) is 10.3. The van der Waals surface area contributed by atoms with E-state index < -0.39 is 12.0 Å². The van der Waals surface area contributed by atoms with Crippen LogP contribution in [-0.2, 0) is 4.79 Å². The van der Waals surface area contributed by atoms with Gasteiger partial charge in [-0.05, 0) is 25.5 Å². The zero-order valence-corrected chi connectivity index (χ0v) is 6.92. The summed E-state index contributed by atoms with van der Waals surface area (Å²) >= 11 is 0. The quantitative estimate of drug-likeness (QED) is 0.557. The molecule has 4 nitrogen and oxygen atoms in total. The van der Waals surface area contributed by atoms with Gasteiger partial charge in [0.2, 0.25) is 0 Å². The van der Waals surface area contributed by atoms with Gasteiger partial charge < -0.3 is 16.2 Å². The Morgan fingerprint density at radius 1 is 1.83 bits per heavy atom. The van der Waals surface area contributed by atoms with Crippen LogP contribution in [0.15, 0.2) is 11.8 Å². The van der Waals surface area contributed by atoms with Gasteiger partial charge in [-0.2, -0.15) is 0 Å². The average molecular weight is 170 g/mol. The molecule has 1 heterocycles. The molecule has 0 aliphatic carbocycles. The van der Waals surface area contributed by atoms with Crippen molar-refractivity contribution >= 4 is 5.97 Å². The first-order valence-corrected chi connectivity index (χ1v) is 4.10. The summed E-state index contributed by atoms with van der Waals surface area (Å²) in [5, 5.41) is 11.6. The maximum atomic E-state index is 10.3. The average Bonchev–Trinajstić information content (AvgIpc) is 2.51. The van der Waals surface area contributed by atoms with Crippen LogP contribution in [0.2, 0.25) is 0 Å². The molecule has 68 valence electrons. The Morgan fingerprint density at radius 3 is 3.08 bits per heavy atom. The summed E-state index contributed by atoms with van der Waals surface area (Å²) in [7, 11) is 0. The second-order valence-electron chi connectivity index (χ2n) is 2.99. The van der Waals surface area contributed by atoms with E-state index in [2.05, 4.69) is 5.32 Å². The first-order valence-electron chi connectivity index (χ1n) is 4.10. The number of rotatable bonds is 4. The van der Waals surface area contributed by atoms with Crippen molar-refractivity contribution in [2.24, 2.45) is 5.73 Å². The van der Waals surface area contributed by atoms with Gasteiger partial charge in [0.05, 0.1) is 0 Å². The highest BCUT2D eigenvalue weighted by Gasteiger charge is 2.12. The molecule has 12 heavy (non-hydrogen) atoms. The Morgan fingerprint density at radius 2 is 2.58 bits per heavy atom. The van der Waals surface area contributed by atoms with Crippen molar-refractivity contribution in [2.45, 2.75) is 25.3 Å². The molecule has 0 amide bonds. The summed E-state index contributed by atoms with van der Waals surface area (Å²) in [6.07, 6.45) is 4.30. The van der Waals surface area contributed by atoms with Gasteiger partial charge in [0, 0.05) is 6.54 Å². The highest BCUT2D eigenvalue weighted by atomic mass is 16.4. The maximum Gasteiger partial charge on any atom is 0.320 e. The van der Waals surface area contributed by atoms with Gasteiger partial charge >= 0.3 is 5.97 Å². The Kier molecular flexibility index (Phi) is 3.10. The van der Waals surface area contributed by atoms with Gasteiger partial charge in [-0.15, -0.1) is 0 Å². The number of carboxylic acids is 1. The predicted molar refractivity (Wildman–Crippen MR) is 45.5 cm³/mol. The smallest absolute Gasteiger partial charge is 0.320 e. The summed E-state index contributed by atoms with van der Waals surface area (Å²) in [6.45, 7) is 0.970. The summed E-state index contributed by atoms with van der Waals surface area (Å²) in [5.74, 6) is -0.915. The molecule has 1 unspecified atom stereocenters. The molecule has 0 radical (unpaired) electrons. The van der Waals surface area contributed by atoms with Crippen LogP contribution in [0, 0.1) is 0 Å². The van der Waals surface area contributed by atoms with E-state index in [1.807, 2.05) is 6.20 Å². The van der Waals surface area contributed by atoms with Crippen LogP contribution in [0.3, 0.4) is 0 Å². The Labute approximate surface area is 71.4 Å². The SMILES string of the molecule is NC(CCC1=CNCC1)C(=O)O. The number of carbonyl (C=O) groups is 1. The van der Waals surface area contributed by atoms with E-state index in [0.717, 1.165) is 19.4 Å². The standard InChI is InChI=1S/C8H14N2O2/c9-7(8(11)12)2-1-6-3-4-10-5-6/h5,7,10H,1-4,9H2,(H,11,12). The zero-order chi connectivity index (χ0) is 8.97. The van der Waals surface area contributed by atoms with E-state index in [4.69, 9.17) is 10.8 Å². The minimum absolute atomic E-state index is 0.531. The molecule has 0 aromatic rings. The second kappa shape index (κ2) is 4.11. The molecule has 0 fully saturated rings. The summed E-state index contributed by atoms with van der Waals surface area (Å²) in [6, 6.07) is -0.716. The molecule has 1 aliphatic rings. The normalized spacial score (nSPS) is 18.2. The van der Waals surface area contributed by atoms with E-state index in [1.54, 1.807) is 0 Å². The third-order valence-electron chi connectivity index (χ3n) is 1.99. The van der Waals surface area contributed by atoms with Crippen LogP contribution in [0.1, 0.15) is 19.3 Å². The molecule has 0 aromatic heterocycles. The molecule has 4 N–H and O–H groups in total. The van der Waals surface area contributed by atoms with Gasteiger partial charge in [0.25, 0.3) is 0 Å². The Balaban J connectivity index is 2.20. The lowest BCUT2D eigenvalue weighted by Crippen LogP contribution is -2.29. The van der Waals surface area contributed by atoms with E-state index in [0.29, 0.717) is 6.42 Å². The Bertz CT molecular complexity index is 201. The van der Waals surface area contributed by atoms with E-state index >= 15 is 0 Å². The van der Waals surface area contributed by atoms with Crippen molar-refractivity contribution in [1.82, 2.24) is 5.32 Å². The predicted octanol–water partition coefficient (Wildman–Crippen LogP) is 0.0557. The molecule has 0 bridgehead atoms. The van der Waals surface area contributed by atoms with Crippen molar-refractivity contribution in [3.63, 3.8) is 0 Å². The number of nitrogens with one attached hydrogen (secondary N) is 1. The number of carboxylic acid groups (broad SMARTS) is 1. The largest absolute Gasteiger partial charge is 0.480 e. The van der Waals surface area contributed by atoms with Crippen LogP contribution in [0.4, 0.5) is 0 Å². The molecule has 1 rings (SSSR count). The molecule has 0 aromatic carbocycles. The van der Waals surface area contributed by atoms with Gasteiger partial charge in [-0.1, -0.05) is 5.57 Å². The fraction of sp³-hybridized carbons (Fsp3) is 0.625. The fourth-order valence-corrected chi connectivity index (χ4v) is 1.18. The van der Waals surface area contributed by atoms with Crippen LogP contribution < -0.4 is 11.1 Å². The van der Waals surface area contributed by atoms with Gasteiger partial charge in [-0.3, -0.25) is 4.79 Å². The zero-order valence-electron chi connectivity index (χ0n) is 6.92. The molecule has 0 saturated carbocycles. The summed E-state index contributed by atoms with van der Waals surface area (Å²) in [5.41, 5.74) is 6.62. The molecular weight excluding hydrogens is 156 g/mol.